The highest BCUT2D eigenvalue weighted by molar-refractivity contribution is 6.26. The predicted octanol–water partition coefficient (Wildman–Crippen LogP) is 15.0. The monoisotopic (exact) mass is 708 g/mol. The maximum atomic E-state index is 2.43. The average molecular weight is 709 g/mol. The molecule has 0 atom stereocenters. The molecule has 0 saturated carbocycles. The van der Waals surface area contributed by atoms with E-state index in [1.54, 1.807) is 0 Å². The fourth-order valence-corrected chi connectivity index (χ4v) is 9.90. The minimum Gasteiger partial charge on any atom is -0.0619 e. The molecule has 2 aliphatic rings. The van der Waals surface area contributed by atoms with Crippen LogP contribution >= 0.6 is 0 Å². The Morgan fingerprint density at radius 1 is 0.214 bits per heavy atom. The van der Waals surface area contributed by atoms with Gasteiger partial charge >= 0.3 is 0 Å². The van der Waals surface area contributed by atoms with Crippen LogP contribution in [0, 0.1) is 0 Å². The lowest BCUT2D eigenvalue weighted by molar-refractivity contribution is 1.26. The van der Waals surface area contributed by atoms with E-state index in [2.05, 4.69) is 194 Å². The molecule has 0 heteroatoms. The molecule has 0 nitrogen and oxygen atoms in total. The first-order chi connectivity index (χ1) is 27.7. The summed E-state index contributed by atoms with van der Waals surface area (Å²) >= 11 is 0. The number of rotatable bonds is 4. The molecular formula is C56H36. The van der Waals surface area contributed by atoms with Crippen LogP contribution in [0.2, 0.25) is 0 Å². The second-order valence-electron chi connectivity index (χ2n) is 15.6. The van der Waals surface area contributed by atoms with Gasteiger partial charge in [0, 0.05) is 0 Å². The molecule has 0 amide bonds. The Kier molecular flexibility index (Phi) is 6.86. The van der Waals surface area contributed by atoms with E-state index in [1.165, 1.54) is 121 Å². The molecule has 56 heavy (non-hydrogen) atoms. The van der Waals surface area contributed by atoms with E-state index < -0.39 is 0 Å². The van der Waals surface area contributed by atoms with Crippen molar-refractivity contribution in [1.82, 2.24) is 0 Å². The van der Waals surface area contributed by atoms with Crippen molar-refractivity contribution in [3.8, 4) is 66.8 Å². The Balaban J connectivity index is 0.985. The third-order valence-corrected chi connectivity index (χ3v) is 12.6. The van der Waals surface area contributed by atoms with Crippen LogP contribution in [0.5, 0.6) is 0 Å². The molecule has 0 bridgehead atoms. The van der Waals surface area contributed by atoms with E-state index in [4.69, 9.17) is 0 Å². The molecule has 260 valence electrons. The van der Waals surface area contributed by atoms with Crippen LogP contribution in [0.3, 0.4) is 0 Å². The Morgan fingerprint density at radius 2 is 0.571 bits per heavy atom. The molecule has 2 aliphatic carbocycles. The van der Waals surface area contributed by atoms with Gasteiger partial charge in [-0.3, -0.25) is 0 Å². The molecule has 12 rings (SSSR count). The van der Waals surface area contributed by atoms with Gasteiger partial charge in [-0.05, 0) is 158 Å². The van der Waals surface area contributed by atoms with Gasteiger partial charge in [0.05, 0.1) is 0 Å². The minimum absolute atomic E-state index is 0.980. The highest BCUT2D eigenvalue weighted by Gasteiger charge is 2.23. The van der Waals surface area contributed by atoms with E-state index in [-0.39, 0.29) is 0 Å². The summed E-state index contributed by atoms with van der Waals surface area (Å²) in [5.74, 6) is 0. The van der Waals surface area contributed by atoms with Crippen LogP contribution in [0.15, 0.2) is 194 Å². The Morgan fingerprint density at radius 3 is 1.07 bits per heavy atom. The topological polar surface area (TPSA) is 0 Å². The van der Waals surface area contributed by atoms with Gasteiger partial charge in [-0.2, -0.15) is 0 Å². The van der Waals surface area contributed by atoms with Crippen LogP contribution in [0.25, 0.3) is 99.1 Å². The van der Waals surface area contributed by atoms with Gasteiger partial charge in [0.1, 0.15) is 0 Å². The van der Waals surface area contributed by atoms with Crippen molar-refractivity contribution in [2.24, 2.45) is 0 Å². The van der Waals surface area contributed by atoms with E-state index in [9.17, 15) is 0 Å². The summed E-state index contributed by atoms with van der Waals surface area (Å²) in [6, 6.07) is 72.7. The number of fused-ring (bicyclic) bond motifs is 12. The molecule has 0 fully saturated rings. The normalized spacial score (nSPS) is 12.5. The number of hydrogen-bond donors (Lipinski definition) is 0. The van der Waals surface area contributed by atoms with Gasteiger partial charge in [-0.1, -0.05) is 170 Å². The van der Waals surface area contributed by atoms with Crippen molar-refractivity contribution >= 4 is 32.3 Å². The van der Waals surface area contributed by atoms with Crippen LogP contribution < -0.4 is 0 Å². The quantitative estimate of drug-likeness (QED) is 0.160. The smallest absolute Gasteiger partial charge is 0.000729 e. The molecule has 0 saturated heterocycles. The van der Waals surface area contributed by atoms with Gasteiger partial charge in [0.25, 0.3) is 0 Å². The molecule has 0 heterocycles. The van der Waals surface area contributed by atoms with Gasteiger partial charge in [-0.15, -0.1) is 0 Å². The van der Waals surface area contributed by atoms with E-state index in [0.29, 0.717) is 0 Å². The largest absolute Gasteiger partial charge is 0.0619 e. The first kappa shape index (κ1) is 31.3. The molecule has 0 aromatic heterocycles. The lowest BCUT2D eigenvalue weighted by atomic mass is 9.89. The molecule has 0 spiro atoms. The highest BCUT2D eigenvalue weighted by Crippen LogP contribution is 2.45. The summed E-state index contributed by atoms with van der Waals surface area (Å²) in [4.78, 5) is 0. The summed E-state index contributed by atoms with van der Waals surface area (Å²) in [5.41, 5.74) is 21.3. The fraction of sp³-hybridized carbons (Fsp3) is 0.0357. The molecule has 10 aromatic carbocycles. The van der Waals surface area contributed by atoms with Crippen LogP contribution in [0.4, 0.5) is 0 Å². The van der Waals surface area contributed by atoms with Crippen molar-refractivity contribution in [1.29, 1.82) is 0 Å². The summed E-state index contributed by atoms with van der Waals surface area (Å²) in [6.45, 7) is 0. The molecule has 0 unspecified atom stereocenters. The summed E-state index contributed by atoms with van der Waals surface area (Å²) in [7, 11) is 0. The van der Waals surface area contributed by atoms with Crippen LogP contribution in [-0.2, 0) is 12.8 Å². The molecule has 0 radical (unpaired) electrons. The first-order valence-corrected chi connectivity index (χ1v) is 19.8. The molecule has 10 aromatic rings. The van der Waals surface area contributed by atoms with Crippen molar-refractivity contribution in [2.75, 3.05) is 0 Å². The maximum Gasteiger partial charge on any atom is -0.000729 e. The van der Waals surface area contributed by atoms with Crippen molar-refractivity contribution < 1.29 is 0 Å². The van der Waals surface area contributed by atoms with Crippen molar-refractivity contribution in [3.05, 3.63) is 216 Å². The minimum atomic E-state index is 0.980. The van der Waals surface area contributed by atoms with Gasteiger partial charge in [0.15, 0.2) is 0 Å². The summed E-state index contributed by atoms with van der Waals surface area (Å²) < 4.78 is 0. The number of benzene rings is 10. The lowest BCUT2D eigenvalue weighted by Gasteiger charge is -2.15. The molecule has 0 N–H and O–H groups in total. The standard InChI is InChI=1S/C56H36/c1-3-17-43-41(11-1)33-53-45(21-9-23-47(43)53)39-15-7-13-35(29-39)37-25-27-51-49-19-5-6-20-50(49)52-28-26-38(32-56(52)55(51)31-37)36-14-8-16-40(30-36)46-22-10-24-48-44-18-4-2-12-42(44)34-54(46)48/h1-32H,33-34H2. The number of hydrogen-bond acceptors (Lipinski definition) is 0. The highest BCUT2D eigenvalue weighted by atomic mass is 14.3. The SMILES string of the molecule is c1cc(-c2ccc3c4ccccc4c4ccc(-c5cccc(-c6cccc7c6Cc6ccccc6-7)c5)cc4c3c2)cc(-c2cccc3c2Cc2ccccc2-3)c1. The van der Waals surface area contributed by atoms with E-state index in [1.807, 2.05) is 0 Å². The zero-order valence-electron chi connectivity index (χ0n) is 30.9. The second kappa shape index (κ2) is 12.2. The summed E-state index contributed by atoms with van der Waals surface area (Å²) in [6.07, 6.45) is 1.96. The first-order valence-electron chi connectivity index (χ1n) is 19.8. The van der Waals surface area contributed by atoms with Gasteiger partial charge in [-0.25, -0.2) is 0 Å². The predicted molar refractivity (Wildman–Crippen MR) is 237 cm³/mol. The lowest BCUT2D eigenvalue weighted by Crippen LogP contribution is -1.90. The zero-order chi connectivity index (χ0) is 36.7. The Bertz CT molecular complexity index is 3030. The third-order valence-electron chi connectivity index (χ3n) is 12.6. The third kappa shape index (κ3) is 4.79. The second-order valence-corrected chi connectivity index (χ2v) is 15.6. The molecule has 0 aliphatic heterocycles. The van der Waals surface area contributed by atoms with E-state index >= 15 is 0 Å². The van der Waals surface area contributed by atoms with Crippen LogP contribution in [0.1, 0.15) is 22.3 Å². The molecular weight excluding hydrogens is 673 g/mol. The van der Waals surface area contributed by atoms with Crippen LogP contribution in [-0.4, -0.2) is 0 Å². The summed E-state index contributed by atoms with van der Waals surface area (Å²) in [5, 5.41) is 7.74. The van der Waals surface area contributed by atoms with Crippen molar-refractivity contribution in [2.45, 2.75) is 12.8 Å². The van der Waals surface area contributed by atoms with Gasteiger partial charge < -0.3 is 0 Å². The van der Waals surface area contributed by atoms with Crippen molar-refractivity contribution in [3.63, 3.8) is 0 Å². The maximum absolute atomic E-state index is 2.43. The average Bonchev–Trinajstić information content (AvgIpc) is 3.85. The Hall–Kier alpha value is -7.02. The van der Waals surface area contributed by atoms with Gasteiger partial charge in [0.2, 0.25) is 0 Å². The Labute approximate surface area is 327 Å². The fourth-order valence-electron chi connectivity index (χ4n) is 9.90. The van der Waals surface area contributed by atoms with E-state index in [0.717, 1.165) is 12.8 Å². The zero-order valence-corrected chi connectivity index (χ0v) is 30.9.